The first-order valence-corrected chi connectivity index (χ1v) is 19.2. The predicted molar refractivity (Wildman–Crippen MR) is 227 cm³/mol. The van der Waals surface area contributed by atoms with Gasteiger partial charge in [-0.05, 0) is 73.8 Å². The fraction of sp³-hybridized carbons (Fsp3) is 0.0385. The summed E-state index contributed by atoms with van der Waals surface area (Å²) >= 11 is 0. The topological polar surface area (TPSA) is 49.9 Å². The zero-order valence-electron chi connectivity index (χ0n) is 30.3. The lowest BCUT2D eigenvalue weighted by Crippen LogP contribution is -2.35. The maximum Gasteiger partial charge on any atom is 0.169 e. The second-order valence-electron chi connectivity index (χ2n) is 14.9. The molecule has 0 fully saturated rings. The van der Waals surface area contributed by atoms with Gasteiger partial charge in [-0.1, -0.05) is 170 Å². The Bertz CT molecular complexity index is 3020. The van der Waals surface area contributed by atoms with Crippen LogP contribution in [0.25, 0.3) is 55.3 Å². The molecule has 12 rings (SSSR count). The second kappa shape index (κ2) is 11.8. The number of fused-ring (bicyclic) bond motifs is 13. The van der Waals surface area contributed by atoms with E-state index >= 15 is 0 Å². The van der Waals surface area contributed by atoms with Crippen molar-refractivity contribution in [2.45, 2.75) is 11.6 Å². The molecular formula is C52H33N3O. The number of nitrogens with zero attached hydrogens (tertiary/aromatic N) is 2. The van der Waals surface area contributed by atoms with Crippen molar-refractivity contribution < 1.29 is 4.42 Å². The van der Waals surface area contributed by atoms with Crippen molar-refractivity contribution >= 4 is 33.6 Å². The first kappa shape index (κ1) is 31.1. The van der Waals surface area contributed by atoms with Gasteiger partial charge in [0.2, 0.25) is 0 Å². The number of hydrogen-bond acceptors (Lipinski definition) is 4. The molecule has 56 heavy (non-hydrogen) atoms. The molecule has 8 aromatic carbocycles. The van der Waals surface area contributed by atoms with Crippen LogP contribution in [0.2, 0.25) is 0 Å². The zero-order chi connectivity index (χ0) is 36.8. The van der Waals surface area contributed by atoms with Crippen LogP contribution in [0.1, 0.15) is 45.1 Å². The summed E-state index contributed by atoms with van der Waals surface area (Å²) in [7, 11) is 0. The number of benzene rings is 8. The summed E-state index contributed by atoms with van der Waals surface area (Å²) in [6.45, 7) is 0. The molecule has 4 nitrogen and oxygen atoms in total. The van der Waals surface area contributed by atoms with Crippen LogP contribution >= 0.6 is 0 Å². The molecular weight excluding hydrogens is 683 g/mol. The highest BCUT2D eigenvalue weighted by Crippen LogP contribution is 2.64. The number of amidine groups is 2. The van der Waals surface area contributed by atoms with Gasteiger partial charge in [0.15, 0.2) is 6.17 Å². The summed E-state index contributed by atoms with van der Waals surface area (Å²) in [5.41, 5.74) is 17.3. The van der Waals surface area contributed by atoms with Crippen LogP contribution in [0.4, 0.5) is 0 Å². The number of furan rings is 1. The molecule has 9 aromatic rings. The SMILES string of the molecule is c1ccc(C2=NC(c3ccc4c(c3)oc3ccc(-c5cccc6c5-c5ccccc5C65c6ccccc6-c6ccccc65)cc34)N=C(c3ccccc3)N2)cc1. The largest absolute Gasteiger partial charge is 0.456 e. The molecule has 3 aliphatic rings. The Morgan fingerprint density at radius 3 is 1.62 bits per heavy atom. The molecule has 0 bridgehead atoms. The van der Waals surface area contributed by atoms with Gasteiger partial charge in [-0.2, -0.15) is 0 Å². The lowest BCUT2D eigenvalue weighted by molar-refractivity contribution is 0.665. The van der Waals surface area contributed by atoms with Crippen LogP contribution in [-0.2, 0) is 5.41 Å². The molecule has 0 saturated heterocycles. The molecule has 0 amide bonds. The van der Waals surface area contributed by atoms with Gasteiger partial charge in [-0.15, -0.1) is 0 Å². The average Bonchev–Trinajstić information content (AvgIpc) is 3.90. The minimum Gasteiger partial charge on any atom is -0.456 e. The third-order valence-corrected chi connectivity index (χ3v) is 12.0. The molecule has 1 spiro atoms. The molecule has 1 aromatic heterocycles. The third kappa shape index (κ3) is 4.35. The van der Waals surface area contributed by atoms with Crippen molar-refractivity contribution in [1.29, 1.82) is 0 Å². The summed E-state index contributed by atoms with van der Waals surface area (Å²) in [5.74, 6) is 1.59. The zero-order valence-corrected chi connectivity index (χ0v) is 30.3. The maximum atomic E-state index is 6.59. The lowest BCUT2D eigenvalue weighted by atomic mass is 9.70. The highest BCUT2D eigenvalue weighted by Gasteiger charge is 2.51. The normalized spacial score (nSPS) is 14.9. The molecule has 2 heterocycles. The van der Waals surface area contributed by atoms with Gasteiger partial charge in [-0.25, -0.2) is 9.98 Å². The van der Waals surface area contributed by atoms with E-state index in [9.17, 15) is 0 Å². The fourth-order valence-electron chi connectivity index (χ4n) is 9.59. The standard InChI is InChI=1S/C52H33N3O/c1-3-14-32(15-4-1)49-53-50(33-16-5-2-6-17-33)55-51(54-49)35-26-28-39-41-30-34(27-29-46(41)56-47(39)31-35)36-21-13-25-45-48(36)40-20-9-12-24-44(40)52(45)42-22-10-7-18-37(42)38-19-8-11-23-43(38)52/h1-31,51H,(H,53,54,55). The molecule has 262 valence electrons. The molecule has 0 saturated carbocycles. The molecule has 4 heteroatoms. The van der Waals surface area contributed by atoms with Gasteiger partial charge in [0.05, 0.1) is 5.41 Å². The minimum absolute atomic E-state index is 0.377. The smallest absolute Gasteiger partial charge is 0.169 e. The Kier molecular flexibility index (Phi) is 6.58. The van der Waals surface area contributed by atoms with Gasteiger partial charge in [-0.3, -0.25) is 0 Å². The predicted octanol–water partition coefficient (Wildman–Crippen LogP) is 12.1. The fourth-order valence-corrected chi connectivity index (χ4v) is 9.59. The van der Waals surface area contributed by atoms with Gasteiger partial charge in [0.1, 0.15) is 22.8 Å². The Morgan fingerprint density at radius 2 is 0.964 bits per heavy atom. The Balaban J connectivity index is 0.997. The summed E-state index contributed by atoms with van der Waals surface area (Å²) in [4.78, 5) is 10.2. The average molecular weight is 716 g/mol. The number of nitrogens with one attached hydrogen (secondary N) is 1. The van der Waals surface area contributed by atoms with Crippen LogP contribution in [0, 0.1) is 0 Å². The molecule has 0 atom stereocenters. The van der Waals surface area contributed by atoms with E-state index in [0.29, 0.717) is 0 Å². The van der Waals surface area contributed by atoms with Crippen molar-refractivity contribution in [3.63, 3.8) is 0 Å². The van der Waals surface area contributed by atoms with E-state index in [1.54, 1.807) is 0 Å². The van der Waals surface area contributed by atoms with Gasteiger partial charge in [0.25, 0.3) is 0 Å². The maximum absolute atomic E-state index is 6.59. The van der Waals surface area contributed by atoms with Crippen LogP contribution in [0.3, 0.4) is 0 Å². The Hall–Kier alpha value is -7.30. The van der Waals surface area contributed by atoms with E-state index in [2.05, 4.69) is 157 Å². The highest BCUT2D eigenvalue weighted by molar-refractivity contribution is 6.16. The van der Waals surface area contributed by atoms with Crippen LogP contribution < -0.4 is 5.32 Å². The molecule has 1 aliphatic heterocycles. The number of rotatable bonds is 4. The van der Waals surface area contributed by atoms with Crippen LogP contribution in [0.5, 0.6) is 0 Å². The summed E-state index contributed by atoms with van der Waals surface area (Å²) < 4.78 is 6.59. The van der Waals surface area contributed by atoms with Crippen molar-refractivity contribution in [3.8, 4) is 33.4 Å². The first-order valence-electron chi connectivity index (χ1n) is 19.2. The lowest BCUT2D eigenvalue weighted by Gasteiger charge is -2.30. The summed E-state index contributed by atoms with van der Waals surface area (Å²) in [6, 6.07) is 67.4. The van der Waals surface area contributed by atoms with E-state index in [0.717, 1.165) is 50.3 Å². The van der Waals surface area contributed by atoms with Crippen molar-refractivity contribution in [2.24, 2.45) is 9.98 Å². The monoisotopic (exact) mass is 715 g/mol. The third-order valence-electron chi connectivity index (χ3n) is 12.0. The molecule has 1 N–H and O–H groups in total. The van der Waals surface area contributed by atoms with E-state index in [-0.39, 0.29) is 5.41 Å². The van der Waals surface area contributed by atoms with Crippen molar-refractivity contribution in [2.75, 3.05) is 0 Å². The summed E-state index contributed by atoms with van der Waals surface area (Å²) in [5, 5.41) is 5.65. The molecule has 0 radical (unpaired) electrons. The second-order valence-corrected chi connectivity index (χ2v) is 14.9. The quantitative estimate of drug-likeness (QED) is 0.197. The van der Waals surface area contributed by atoms with Crippen molar-refractivity contribution in [1.82, 2.24) is 5.32 Å². The first-order chi connectivity index (χ1) is 27.8. The van der Waals surface area contributed by atoms with Crippen LogP contribution in [-0.4, -0.2) is 11.7 Å². The van der Waals surface area contributed by atoms with E-state index in [1.165, 1.54) is 55.6 Å². The van der Waals surface area contributed by atoms with Crippen LogP contribution in [0.15, 0.2) is 202 Å². The molecule has 2 aliphatic carbocycles. The van der Waals surface area contributed by atoms with Gasteiger partial charge < -0.3 is 9.73 Å². The summed E-state index contributed by atoms with van der Waals surface area (Å²) in [6.07, 6.45) is -0.431. The number of hydrogen-bond donors (Lipinski definition) is 1. The number of aliphatic imine (C=N–C) groups is 2. The Labute approximate surface area is 324 Å². The minimum atomic E-state index is -0.431. The van der Waals surface area contributed by atoms with E-state index in [4.69, 9.17) is 14.4 Å². The van der Waals surface area contributed by atoms with E-state index in [1.807, 2.05) is 36.4 Å². The van der Waals surface area contributed by atoms with Gasteiger partial charge >= 0.3 is 0 Å². The van der Waals surface area contributed by atoms with Gasteiger partial charge in [0, 0.05) is 27.5 Å². The van der Waals surface area contributed by atoms with E-state index < -0.39 is 6.17 Å². The Morgan fingerprint density at radius 1 is 0.411 bits per heavy atom. The highest BCUT2D eigenvalue weighted by atomic mass is 16.3. The molecule has 0 unspecified atom stereocenters. The van der Waals surface area contributed by atoms with Crippen molar-refractivity contribution in [3.05, 3.63) is 227 Å².